The summed E-state index contributed by atoms with van der Waals surface area (Å²) in [6, 6.07) is 0. The average Bonchev–Trinajstić information content (AvgIpc) is 2.71. The van der Waals surface area contributed by atoms with Crippen LogP contribution in [0.3, 0.4) is 0 Å². The van der Waals surface area contributed by atoms with E-state index < -0.39 is 29.3 Å². The van der Waals surface area contributed by atoms with E-state index in [1.165, 1.54) is 12.2 Å². The minimum absolute atomic E-state index is 0.0366. The second-order valence-electron chi connectivity index (χ2n) is 4.15. The van der Waals surface area contributed by atoms with E-state index in [0.717, 1.165) is 0 Å². The Labute approximate surface area is 117 Å². The van der Waals surface area contributed by atoms with Crippen LogP contribution in [0.25, 0.3) is 0 Å². The summed E-state index contributed by atoms with van der Waals surface area (Å²) in [6.45, 7) is 1.06. The van der Waals surface area contributed by atoms with Gasteiger partial charge in [0.05, 0.1) is 16.2 Å². The Kier molecular flexibility index (Phi) is 3.53. The molecule has 1 aliphatic carbocycles. The number of aliphatic imine (C=N–C) groups is 1. The molecule has 2 N–H and O–H groups in total. The maximum absolute atomic E-state index is 11.4. The van der Waals surface area contributed by atoms with Gasteiger partial charge in [-0.15, -0.1) is 0 Å². The zero-order valence-electron chi connectivity index (χ0n) is 10.2. The summed E-state index contributed by atoms with van der Waals surface area (Å²) < 4.78 is 0. The lowest BCUT2D eigenvalue weighted by Crippen LogP contribution is -2.34. The van der Waals surface area contributed by atoms with Gasteiger partial charge in [-0.25, -0.2) is 9.79 Å². The number of aliphatic carboxylic acids is 2. The number of nitrogens with zero attached hydrogens (tertiary/aromatic N) is 3. The first-order valence-corrected chi connectivity index (χ1v) is 6.24. The van der Waals surface area contributed by atoms with Crippen molar-refractivity contribution in [3.63, 3.8) is 0 Å². The molecule has 1 atom stereocenters. The smallest absolute Gasteiger partial charge is 0.336 e. The molecule has 0 aromatic carbocycles. The molecule has 2 rings (SSSR count). The average molecular weight is 295 g/mol. The van der Waals surface area contributed by atoms with E-state index in [1.807, 2.05) is 0 Å². The molecule has 0 fully saturated rings. The molecule has 0 spiro atoms. The first-order valence-electron chi connectivity index (χ1n) is 5.42. The largest absolute Gasteiger partial charge is 0.480 e. The summed E-state index contributed by atoms with van der Waals surface area (Å²) in [5.41, 5.74) is -0.991. The van der Waals surface area contributed by atoms with E-state index in [0.29, 0.717) is 11.8 Å². The summed E-state index contributed by atoms with van der Waals surface area (Å²) >= 11 is 0.715. The Morgan fingerprint density at radius 2 is 2.15 bits per heavy atom. The van der Waals surface area contributed by atoms with Crippen LogP contribution in [0.15, 0.2) is 37.9 Å². The molecular formula is C11H9N3O5S. The van der Waals surface area contributed by atoms with Gasteiger partial charge in [-0.2, -0.15) is 10.2 Å². The fourth-order valence-electron chi connectivity index (χ4n) is 1.72. The highest BCUT2D eigenvalue weighted by molar-refractivity contribution is 8.18. The number of hydrogen-bond acceptors (Lipinski definition) is 6. The SMILES string of the molecule is CC1(N=NCC(=O)O)C=CC(C(=O)O)=C2SC(=O)N=C21. The van der Waals surface area contributed by atoms with Gasteiger partial charge in [0.25, 0.3) is 0 Å². The van der Waals surface area contributed by atoms with Crippen molar-refractivity contribution in [1.29, 1.82) is 0 Å². The molecule has 1 heterocycles. The Morgan fingerprint density at radius 1 is 1.45 bits per heavy atom. The molecule has 20 heavy (non-hydrogen) atoms. The highest BCUT2D eigenvalue weighted by atomic mass is 32.2. The number of carbonyl (C=O) groups excluding carboxylic acids is 1. The van der Waals surface area contributed by atoms with Gasteiger partial charge >= 0.3 is 17.2 Å². The Balaban J connectivity index is 2.40. The third-order valence-corrected chi connectivity index (χ3v) is 3.50. The van der Waals surface area contributed by atoms with Crippen molar-refractivity contribution in [3.8, 4) is 0 Å². The van der Waals surface area contributed by atoms with E-state index in [9.17, 15) is 14.4 Å². The molecule has 104 valence electrons. The zero-order chi connectivity index (χ0) is 14.9. The van der Waals surface area contributed by atoms with E-state index in [1.54, 1.807) is 6.92 Å². The number of carboxylic acids is 2. The summed E-state index contributed by atoms with van der Waals surface area (Å²) in [5.74, 6) is -2.31. The van der Waals surface area contributed by atoms with Gasteiger partial charge in [-0.05, 0) is 30.8 Å². The molecule has 0 aromatic rings. The number of azo groups is 1. The van der Waals surface area contributed by atoms with Crippen molar-refractivity contribution in [2.45, 2.75) is 12.5 Å². The van der Waals surface area contributed by atoms with Crippen LogP contribution >= 0.6 is 11.8 Å². The Hall–Kier alpha value is -2.29. The quantitative estimate of drug-likeness (QED) is 0.756. The van der Waals surface area contributed by atoms with Crippen LogP contribution in [0.2, 0.25) is 0 Å². The molecule has 0 saturated heterocycles. The van der Waals surface area contributed by atoms with Crippen LogP contribution in [0.4, 0.5) is 4.79 Å². The molecule has 0 bridgehead atoms. The van der Waals surface area contributed by atoms with Crippen LogP contribution in [0.1, 0.15) is 6.92 Å². The first kappa shape index (κ1) is 14.1. The number of amides is 1. The fourth-order valence-corrected chi connectivity index (χ4v) is 2.64. The van der Waals surface area contributed by atoms with Crippen molar-refractivity contribution in [3.05, 3.63) is 22.6 Å². The number of thioether (sulfide) groups is 1. The van der Waals surface area contributed by atoms with Gasteiger partial charge in [0, 0.05) is 0 Å². The molecular weight excluding hydrogens is 286 g/mol. The minimum Gasteiger partial charge on any atom is -0.480 e. The van der Waals surface area contributed by atoms with Crippen molar-refractivity contribution in [2.24, 2.45) is 15.2 Å². The van der Waals surface area contributed by atoms with E-state index in [4.69, 9.17) is 10.2 Å². The maximum atomic E-state index is 11.4. The molecule has 0 saturated carbocycles. The Bertz CT molecular complexity index is 634. The molecule has 1 aliphatic heterocycles. The van der Waals surface area contributed by atoms with Gasteiger partial charge in [0.2, 0.25) is 0 Å². The van der Waals surface area contributed by atoms with Gasteiger partial charge in [-0.1, -0.05) is 0 Å². The van der Waals surface area contributed by atoms with Crippen molar-refractivity contribution >= 4 is 34.7 Å². The summed E-state index contributed by atoms with van der Waals surface area (Å²) in [4.78, 5) is 36.9. The van der Waals surface area contributed by atoms with Gasteiger partial charge < -0.3 is 10.2 Å². The van der Waals surface area contributed by atoms with Crippen LogP contribution in [0, 0.1) is 0 Å². The monoisotopic (exact) mass is 295 g/mol. The number of hydrogen-bond donors (Lipinski definition) is 2. The predicted octanol–water partition coefficient (Wildman–Crippen LogP) is 1.50. The summed E-state index contributed by atoms with van der Waals surface area (Å²) in [5, 5.41) is 24.4. The van der Waals surface area contributed by atoms with Crippen molar-refractivity contribution in [1.82, 2.24) is 0 Å². The third-order valence-electron chi connectivity index (χ3n) is 2.62. The van der Waals surface area contributed by atoms with E-state index in [2.05, 4.69) is 15.2 Å². The molecule has 0 radical (unpaired) electrons. The topological polar surface area (TPSA) is 129 Å². The van der Waals surface area contributed by atoms with Crippen LogP contribution in [-0.4, -0.2) is 45.2 Å². The van der Waals surface area contributed by atoms with Crippen LogP contribution in [0.5, 0.6) is 0 Å². The first-order chi connectivity index (χ1) is 9.33. The molecule has 1 amide bonds. The predicted molar refractivity (Wildman–Crippen MR) is 70.0 cm³/mol. The van der Waals surface area contributed by atoms with Crippen molar-refractivity contribution < 1.29 is 24.6 Å². The number of rotatable bonds is 4. The molecule has 1 unspecified atom stereocenters. The Morgan fingerprint density at radius 3 is 2.75 bits per heavy atom. The number of carboxylic acid groups (broad SMARTS) is 2. The second-order valence-corrected chi connectivity index (χ2v) is 5.11. The van der Waals surface area contributed by atoms with E-state index >= 15 is 0 Å². The molecule has 9 heteroatoms. The van der Waals surface area contributed by atoms with Gasteiger partial charge in [0.1, 0.15) is 5.54 Å². The van der Waals surface area contributed by atoms with Crippen LogP contribution < -0.4 is 0 Å². The maximum Gasteiger partial charge on any atom is 0.336 e. The van der Waals surface area contributed by atoms with Crippen LogP contribution in [-0.2, 0) is 9.59 Å². The molecule has 8 nitrogen and oxygen atoms in total. The minimum atomic E-state index is -1.17. The molecule has 2 aliphatic rings. The zero-order valence-corrected chi connectivity index (χ0v) is 11.0. The highest BCUT2D eigenvalue weighted by Gasteiger charge is 2.41. The number of fused-ring (bicyclic) bond motifs is 1. The number of carbonyl (C=O) groups is 3. The normalized spacial score (nSPS) is 25.1. The van der Waals surface area contributed by atoms with Gasteiger partial charge in [0.15, 0.2) is 6.54 Å². The highest BCUT2D eigenvalue weighted by Crippen LogP contribution is 2.40. The standard InChI is InChI=1S/C11H9N3O5S/c1-11(14-12-4-6(15)16)3-2-5(9(17)18)7-8(11)13-10(19)20-7/h2-3H,4H2,1H3,(H,15,16)(H,17,18). The van der Waals surface area contributed by atoms with Crippen molar-refractivity contribution in [2.75, 3.05) is 6.54 Å². The summed E-state index contributed by atoms with van der Waals surface area (Å²) in [7, 11) is 0. The third kappa shape index (κ3) is 2.52. The fraction of sp³-hybridized carbons (Fsp3) is 0.273. The summed E-state index contributed by atoms with van der Waals surface area (Å²) in [6.07, 6.45) is 2.76. The second kappa shape index (κ2) is 5.00. The lowest BCUT2D eigenvalue weighted by atomic mass is 9.89. The lowest BCUT2D eigenvalue weighted by Gasteiger charge is -2.24. The van der Waals surface area contributed by atoms with E-state index in [-0.39, 0.29) is 16.2 Å². The van der Waals surface area contributed by atoms with Gasteiger partial charge in [-0.3, -0.25) is 9.59 Å². The molecule has 0 aromatic heterocycles. The lowest BCUT2D eigenvalue weighted by molar-refractivity contribution is -0.135.